The molecular weight excluding hydrogens is 285 g/mol. The smallest absolute Gasteiger partial charge is 0.317 e. The number of carbonyl (C=O) groups excluding carboxylic acids is 2. The van der Waals surface area contributed by atoms with Gasteiger partial charge < -0.3 is 15.1 Å². The van der Waals surface area contributed by atoms with Gasteiger partial charge in [-0.2, -0.15) is 0 Å². The van der Waals surface area contributed by atoms with Crippen molar-refractivity contribution in [3.63, 3.8) is 0 Å². The molecule has 1 N–H and O–H groups in total. The van der Waals surface area contributed by atoms with Gasteiger partial charge in [0.1, 0.15) is 5.82 Å². The monoisotopic (exact) mass is 307 g/mol. The standard InChI is InChI=1S/C16H22FN3O2/c1-2-18-16(22)20-11-9-19(10-12-20)15(21)8-7-13-5-3-4-6-14(13)17/h3-6H,2,7-12H2,1H3,(H,18,22). The highest BCUT2D eigenvalue weighted by atomic mass is 19.1. The summed E-state index contributed by atoms with van der Waals surface area (Å²) in [6, 6.07) is 6.44. The zero-order valence-corrected chi connectivity index (χ0v) is 12.8. The van der Waals surface area contributed by atoms with Crippen LogP contribution in [0.3, 0.4) is 0 Å². The van der Waals surface area contributed by atoms with Crippen molar-refractivity contribution in [3.8, 4) is 0 Å². The third kappa shape index (κ3) is 4.19. The fraction of sp³-hybridized carbons (Fsp3) is 0.500. The average molecular weight is 307 g/mol. The van der Waals surface area contributed by atoms with Crippen molar-refractivity contribution in [1.29, 1.82) is 0 Å². The Hall–Kier alpha value is -2.11. The Morgan fingerprint density at radius 1 is 1.14 bits per heavy atom. The summed E-state index contributed by atoms with van der Waals surface area (Å²) in [4.78, 5) is 27.3. The molecule has 120 valence electrons. The van der Waals surface area contributed by atoms with Gasteiger partial charge in [-0.3, -0.25) is 4.79 Å². The maximum atomic E-state index is 13.5. The summed E-state index contributed by atoms with van der Waals surface area (Å²) >= 11 is 0. The molecular formula is C16H22FN3O2. The molecule has 1 saturated heterocycles. The molecule has 1 aliphatic rings. The molecule has 2 rings (SSSR count). The zero-order valence-electron chi connectivity index (χ0n) is 12.8. The summed E-state index contributed by atoms with van der Waals surface area (Å²) in [5.74, 6) is -0.254. The van der Waals surface area contributed by atoms with Gasteiger partial charge in [0.2, 0.25) is 5.91 Å². The number of urea groups is 1. The van der Waals surface area contributed by atoms with E-state index in [4.69, 9.17) is 0 Å². The zero-order chi connectivity index (χ0) is 15.9. The molecule has 0 unspecified atom stereocenters. The van der Waals surface area contributed by atoms with Crippen LogP contribution in [0, 0.1) is 5.82 Å². The minimum absolute atomic E-state index is 0.0128. The highest BCUT2D eigenvalue weighted by Gasteiger charge is 2.23. The van der Waals surface area contributed by atoms with Crippen LogP contribution >= 0.6 is 0 Å². The number of hydrogen-bond donors (Lipinski definition) is 1. The second-order valence-corrected chi connectivity index (χ2v) is 5.29. The van der Waals surface area contributed by atoms with Crippen LogP contribution in [0.4, 0.5) is 9.18 Å². The summed E-state index contributed by atoms with van der Waals surface area (Å²) in [5.41, 5.74) is 0.566. The Kier molecular flexibility index (Phi) is 5.75. The fourth-order valence-corrected chi connectivity index (χ4v) is 2.52. The van der Waals surface area contributed by atoms with Crippen LogP contribution in [0.15, 0.2) is 24.3 Å². The van der Waals surface area contributed by atoms with Crippen molar-refractivity contribution in [3.05, 3.63) is 35.6 Å². The fourth-order valence-electron chi connectivity index (χ4n) is 2.52. The van der Waals surface area contributed by atoms with E-state index in [9.17, 15) is 14.0 Å². The van der Waals surface area contributed by atoms with Gasteiger partial charge in [0.05, 0.1) is 0 Å². The molecule has 6 heteroatoms. The molecule has 0 spiro atoms. The second-order valence-electron chi connectivity index (χ2n) is 5.29. The van der Waals surface area contributed by atoms with E-state index in [0.717, 1.165) is 0 Å². The number of carbonyl (C=O) groups is 2. The van der Waals surface area contributed by atoms with Crippen molar-refractivity contribution in [1.82, 2.24) is 15.1 Å². The Morgan fingerprint density at radius 2 is 1.77 bits per heavy atom. The minimum atomic E-state index is -0.267. The van der Waals surface area contributed by atoms with Crippen molar-refractivity contribution < 1.29 is 14.0 Å². The summed E-state index contributed by atoms with van der Waals surface area (Å²) in [7, 11) is 0. The predicted molar refractivity (Wildman–Crippen MR) is 81.9 cm³/mol. The van der Waals surface area contributed by atoms with E-state index in [1.54, 1.807) is 28.0 Å². The van der Waals surface area contributed by atoms with E-state index < -0.39 is 0 Å². The third-order valence-corrected chi connectivity index (χ3v) is 3.81. The maximum Gasteiger partial charge on any atom is 0.317 e. The molecule has 5 nitrogen and oxygen atoms in total. The van der Waals surface area contributed by atoms with Gasteiger partial charge in [0.25, 0.3) is 0 Å². The number of piperazine rings is 1. The molecule has 1 fully saturated rings. The summed E-state index contributed by atoms with van der Waals surface area (Å²) in [5, 5.41) is 2.75. The molecule has 1 aliphatic heterocycles. The molecule has 1 heterocycles. The number of nitrogens with one attached hydrogen (secondary N) is 1. The van der Waals surface area contributed by atoms with E-state index >= 15 is 0 Å². The summed E-state index contributed by atoms with van der Waals surface area (Å²) in [6.07, 6.45) is 0.699. The molecule has 0 aliphatic carbocycles. The summed E-state index contributed by atoms with van der Waals surface area (Å²) < 4.78 is 13.5. The number of rotatable bonds is 4. The van der Waals surface area contributed by atoms with Crippen LogP contribution in [0.25, 0.3) is 0 Å². The Bertz CT molecular complexity index is 528. The number of aryl methyl sites for hydroxylation is 1. The highest BCUT2D eigenvalue weighted by Crippen LogP contribution is 2.11. The van der Waals surface area contributed by atoms with Crippen molar-refractivity contribution in [2.45, 2.75) is 19.8 Å². The van der Waals surface area contributed by atoms with Gasteiger partial charge in [0, 0.05) is 39.1 Å². The van der Waals surface area contributed by atoms with Crippen LogP contribution < -0.4 is 5.32 Å². The quantitative estimate of drug-likeness (QED) is 0.919. The number of halogens is 1. The molecule has 22 heavy (non-hydrogen) atoms. The van der Waals surface area contributed by atoms with Gasteiger partial charge >= 0.3 is 6.03 Å². The lowest BCUT2D eigenvalue weighted by Crippen LogP contribution is -2.53. The van der Waals surface area contributed by atoms with Gasteiger partial charge in [-0.15, -0.1) is 0 Å². The van der Waals surface area contributed by atoms with Crippen LogP contribution in [0.1, 0.15) is 18.9 Å². The molecule has 0 radical (unpaired) electrons. The van der Waals surface area contributed by atoms with Gasteiger partial charge in [-0.05, 0) is 25.0 Å². The predicted octanol–water partition coefficient (Wildman–Crippen LogP) is 1.63. The van der Waals surface area contributed by atoms with Crippen LogP contribution in [-0.2, 0) is 11.2 Å². The number of amides is 3. The first-order valence-corrected chi connectivity index (χ1v) is 7.65. The van der Waals surface area contributed by atoms with Crippen molar-refractivity contribution in [2.24, 2.45) is 0 Å². The van der Waals surface area contributed by atoms with Crippen LogP contribution in [-0.4, -0.2) is 54.5 Å². The lowest BCUT2D eigenvalue weighted by Gasteiger charge is -2.34. The first kappa shape index (κ1) is 16.3. The molecule has 1 aromatic carbocycles. The van der Waals surface area contributed by atoms with Crippen molar-refractivity contribution in [2.75, 3.05) is 32.7 Å². The van der Waals surface area contributed by atoms with E-state index in [1.807, 2.05) is 6.92 Å². The highest BCUT2D eigenvalue weighted by molar-refractivity contribution is 5.78. The topological polar surface area (TPSA) is 52.7 Å². The lowest BCUT2D eigenvalue weighted by atomic mass is 10.1. The number of nitrogens with zero attached hydrogens (tertiary/aromatic N) is 2. The van der Waals surface area contributed by atoms with Gasteiger partial charge in [-0.25, -0.2) is 9.18 Å². The molecule has 0 aromatic heterocycles. The molecule has 1 aromatic rings. The molecule has 3 amide bonds. The van der Waals surface area contributed by atoms with Crippen LogP contribution in [0.2, 0.25) is 0 Å². The maximum absolute atomic E-state index is 13.5. The molecule has 0 atom stereocenters. The Balaban J connectivity index is 1.78. The van der Waals surface area contributed by atoms with E-state index in [1.165, 1.54) is 6.07 Å². The third-order valence-electron chi connectivity index (χ3n) is 3.81. The van der Waals surface area contributed by atoms with Gasteiger partial charge in [0.15, 0.2) is 0 Å². The normalized spacial score (nSPS) is 14.8. The van der Waals surface area contributed by atoms with E-state index in [-0.39, 0.29) is 17.8 Å². The van der Waals surface area contributed by atoms with E-state index in [2.05, 4.69) is 5.32 Å². The minimum Gasteiger partial charge on any atom is -0.339 e. The second kappa shape index (κ2) is 7.77. The molecule has 0 saturated carbocycles. The SMILES string of the molecule is CCNC(=O)N1CCN(C(=O)CCc2ccccc2F)CC1. The first-order valence-electron chi connectivity index (χ1n) is 7.65. The Morgan fingerprint density at radius 3 is 2.41 bits per heavy atom. The molecule has 0 bridgehead atoms. The number of benzene rings is 1. The first-order chi connectivity index (χ1) is 10.6. The van der Waals surface area contributed by atoms with Gasteiger partial charge in [-0.1, -0.05) is 18.2 Å². The average Bonchev–Trinajstić information content (AvgIpc) is 2.54. The Labute approximate surface area is 130 Å². The number of hydrogen-bond acceptors (Lipinski definition) is 2. The van der Waals surface area contributed by atoms with E-state index in [0.29, 0.717) is 51.1 Å². The lowest BCUT2D eigenvalue weighted by molar-refractivity contribution is -0.132. The van der Waals surface area contributed by atoms with Crippen molar-refractivity contribution >= 4 is 11.9 Å². The van der Waals surface area contributed by atoms with Crippen LogP contribution in [0.5, 0.6) is 0 Å². The largest absolute Gasteiger partial charge is 0.339 e. The summed E-state index contributed by atoms with van der Waals surface area (Å²) in [6.45, 7) is 4.62.